The van der Waals surface area contributed by atoms with Gasteiger partial charge in [-0.05, 0) is 36.2 Å². The van der Waals surface area contributed by atoms with E-state index in [9.17, 15) is 0 Å². The monoisotopic (exact) mass is 297 g/mol. The van der Waals surface area contributed by atoms with E-state index in [0.29, 0.717) is 0 Å². The van der Waals surface area contributed by atoms with Crippen LogP contribution in [0.25, 0.3) is 0 Å². The van der Waals surface area contributed by atoms with Crippen LogP contribution in [0.15, 0.2) is 48.8 Å². The van der Waals surface area contributed by atoms with Crippen molar-refractivity contribution in [3.63, 3.8) is 0 Å². The fourth-order valence-corrected chi connectivity index (χ4v) is 2.94. The summed E-state index contributed by atoms with van der Waals surface area (Å²) in [5.41, 5.74) is 2.57. The van der Waals surface area contributed by atoms with E-state index >= 15 is 0 Å². The summed E-state index contributed by atoms with van der Waals surface area (Å²) in [6.07, 6.45) is 4.83. The summed E-state index contributed by atoms with van der Waals surface area (Å²) < 4.78 is 5.47. The van der Waals surface area contributed by atoms with Crippen LogP contribution in [-0.2, 0) is 6.42 Å². The molecular formula is C18H23N3O. The number of methoxy groups -OCH3 is 1. The standard InChI is InChI=1S/C18H23N3O/c1-22-18-5-3-2-4-17(18)21-14-12-20(13-15-21)11-8-16-6-9-19-10-7-16/h2-7,9-10H,8,11-15H2,1H3. The van der Waals surface area contributed by atoms with Gasteiger partial charge in [0, 0.05) is 45.1 Å². The van der Waals surface area contributed by atoms with Crippen LogP contribution in [0.2, 0.25) is 0 Å². The lowest BCUT2D eigenvalue weighted by Crippen LogP contribution is -2.47. The molecule has 1 aliphatic rings. The van der Waals surface area contributed by atoms with Gasteiger partial charge in [-0.25, -0.2) is 0 Å². The van der Waals surface area contributed by atoms with Gasteiger partial charge in [-0.15, -0.1) is 0 Å². The van der Waals surface area contributed by atoms with Gasteiger partial charge < -0.3 is 9.64 Å². The van der Waals surface area contributed by atoms with Crippen LogP contribution >= 0.6 is 0 Å². The Bertz CT molecular complexity index is 580. The third-order valence-corrected chi connectivity index (χ3v) is 4.26. The first-order chi connectivity index (χ1) is 10.9. The molecule has 0 amide bonds. The number of hydrogen-bond donors (Lipinski definition) is 0. The third kappa shape index (κ3) is 3.57. The first kappa shape index (κ1) is 14.9. The molecule has 0 radical (unpaired) electrons. The summed E-state index contributed by atoms with van der Waals surface area (Å²) in [7, 11) is 1.74. The molecule has 116 valence electrons. The Labute approximate surface area is 132 Å². The Morgan fingerprint density at radius 1 is 1.00 bits per heavy atom. The van der Waals surface area contributed by atoms with Crippen molar-refractivity contribution >= 4 is 5.69 Å². The van der Waals surface area contributed by atoms with Crippen molar-refractivity contribution in [3.05, 3.63) is 54.4 Å². The van der Waals surface area contributed by atoms with E-state index in [2.05, 4.69) is 39.0 Å². The van der Waals surface area contributed by atoms with E-state index in [4.69, 9.17) is 4.74 Å². The minimum atomic E-state index is 0.965. The summed E-state index contributed by atoms with van der Waals surface area (Å²) in [4.78, 5) is 9.02. The Morgan fingerprint density at radius 3 is 2.45 bits per heavy atom. The van der Waals surface area contributed by atoms with Crippen LogP contribution in [0, 0.1) is 0 Å². The third-order valence-electron chi connectivity index (χ3n) is 4.26. The molecule has 1 fully saturated rings. The van der Waals surface area contributed by atoms with Crippen LogP contribution in [0.3, 0.4) is 0 Å². The van der Waals surface area contributed by atoms with E-state index in [1.165, 1.54) is 11.3 Å². The summed E-state index contributed by atoms with van der Waals surface area (Å²) in [5, 5.41) is 0. The molecule has 0 saturated carbocycles. The largest absolute Gasteiger partial charge is 0.495 e. The molecule has 0 bridgehead atoms. The molecule has 0 N–H and O–H groups in total. The number of pyridine rings is 1. The molecule has 4 nitrogen and oxygen atoms in total. The van der Waals surface area contributed by atoms with Gasteiger partial charge in [-0.2, -0.15) is 0 Å². The number of aromatic nitrogens is 1. The van der Waals surface area contributed by atoms with Gasteiger partial charge in [0.2, 0.25) is 0 Å². The molecule has 3 rings (SSSR count). The summed E-state index contributed by atoms with van der Waals surface area (Å²) in [6, 6.07) is 12.5. The zero-order chi connectivity index (χ0) is 15.2. The highest BCUT2D eigenvalue weighted by Gasteiger charge is 2.19. The molecule has 22 heavy (non-hydrogen) atoms. The number of para-hydroxylation sites is 2. The van der Waals surface area contributed by atoms with Gasteiger partial charge in [0.15, 0.2) is 0 Å². The van der Waals surface area contributed by atoms with Crippen molar-refractivity contribution in [1.82, 2.24) is 9.88 Å². The van der Waals surface area contributed by atoms with E-state index in [0.717, 1.165) is 44.9 Å². The zero-order valence-electron chi connectivity index (χ0n) is 13.1. The average Bonchev–Trinajstić information content (AvgIpc) is 2.61. The van der Waals surface area contributed by atoms with Gasteiger partial charge in [0.1, 0.15) is 5.75 Å². The summed E-state index contributed by atoms with van der Waals surface area (Å²) in [6.45, 7) is 5.42. The predicted molar refractivity (Wildman–Crippen MR) is 89.6 cm³/mol. The number of anilines is 1. The van der Waals surface area contributed by atoms with Gasteiger partial charge in [-0.1, -0.05) is 12.1 Å². The van der Waals surface area contributed by atoms with Gasteiger partial charge >= 0.3 is 0 Å². The van der Waals surface area contributed by atoms with Crippen molar-refractivity contribution in [2.24, 2.45) is 0 Å². The molecule has 2 aromatic rings. The van der Waals surface area contributed by atoms with Gasteiger partial charge in [0.05, 0.1) is 12.8 Å². The molecule has 1 aliphatic heterocycles. The quantitative estimate of drug-likeness (QED) is 0.847. The van der Waals surface area contributed by atoms with E-state index < -0.39 is 0 Å². The molecule has 0 unspecified atom stereocenters. The number of benzene rings is 1. The second-order valence-electron chi connectivity index (χ2n) is 5.61. The Balaban J connectivity index is 1.52. The predicted octanol–water partition coefficient (Wildman–Crippen LogP) is 2.45. The van der Waals surface area contributed by atoms with Crippen LogP contribution < -0.4 is 9.64 Å². The summed E-state index contributed by atoms with van der Waals surface area (Å²) >= 11 is 0. The lowest BCUT2D eigenvalue weighted by atomic mass is 10.1. The highest BCUT2D eigenvalue weighted by molar-refractivity contribution is 5.58. The van der Waals surface area contributed by atoms with Crippen LogP contribution in [0.5, 0.6) is 5.75 Å². The second kappa shape index (κ2) is 7.27. The van der Waals surface area contributed by atoms with E-state index in [1.807, 2.05) is 24.5 Å². The fraction of sp³-hybridized carbons (Fsp3) is 0.389. The molecule has 1 saturated heterocycles. The number of piperazine rings is 1. The minimum Gasteiger partial charge on any atom is -0.495 e. The lowest BCUT2D eigenvalue weighted by molar-refractivity contribution is 0.260. The van der Waals surface area contributed by atoms with Crippen molar-refractivity contribution in [2.75, 3.05) is 44.7 Å². The maximum Gasteiger partial charge on any atom is 0.142 e. The topological polar surface area (TPSA) is 28.6 Å². The van der Waals surface area contributed by atoms with Crippen molar-refractivity contribution < 1.29 is 4.74 Å². The van der Waals surface area contributed by atoms with Gasteiger partial charge in [0.25, 0.3) is 0 Å². The van der Waals surface area contributed by atoms with E-state index in [1.54, 1.807) is 7.11 Å². The molecule has 1 aromatic carbocycles. The lowest BCUT2D eigenvalue weighted by Gasteiger charge is -2.36. The molecule has 2 heterocycles. The smallest absolute Gasteiger partial charge is 0.142 e. The van der Waals surface area contributed by atoms with Gasteiger partial charge in [-0.3, -0.25) is 9.88 Å². The zero-order valence-corrected chi connectivity index (χ0v) is 13.1. The Morgan fingerprint density at radius 2 is 1.73 bits per heavy atom. The molecule has 0 spiro atoms. The van der Waals surface area contributed by atoms with Crippen LogP contribution in [-0.4, -0.2) is 49.7 Å². The summed E-state index contributed by atoms with van der Waals surface area (Å²) in [5.74, 6) is 0.965. The SMILES string of the molecule is COc1ccccc1N1CCN(CCc2ccncc2)CC1. The number of hydrogen-bond acceptors (Lipinski definition) is 4. The molecule has 0 atom stereocenters. The minimum absolute atomic E-state index is 0.965. The second-order valence-corrected chi connectivity index (χ2v) is 5.61. The molecule has 0 aliphatic carbocycles. The van der Waals surface area contributed by atoms with Crippen molar-refractivity contribution in [1.29, 1.82) is 0 Å². The Hall–Kier alpha value is -2.07. The fourth-order valence-electron chi connectivity index (χ4n) is 2.94. The normalized spacial score (nSPS) is 15.8. The Kier molecular flexibility index (Phi) is 4.91. The number of rotatable bonds is 5. The molecule has 1 aromatic heterocycles. The van der Waals surface area contributed by atoms with Crippen molar-refractivity contribution in [2.45, 2.75) is 6.42 Å². The van der Waals surface area contributed by atoms with Crippen LogP contribution in [0.4, 0.5) is 5.69 Å². The average molecular weight is 297 g/mol. The van der Waals surface area contributed by atoms with E-state index in [-0.39, 0.29) is 0 Å². The number of ether oxygens (including phenoxy) is 1. The highest BCUT2D eigenvalue weighted by atomic mass is 16.5. The molecule has 4 heteroatoms. The maximum atomic E-state index is 5.47. The first-order valence-electron chi connectivity index (χ1n) is 7.86. The maximum absolute atomic E-state index is 5.47. The highest BCUT2D eigenvalue weighted by Crippen LogP contribution is 2.28. The first-order valence-corrected chi connectivity index (χ1v) is 7.86. The number of nitrogens with zero attached hydrogens (tertiary/aromatic N) is 3. The van der Waals surface area contributed by atoms with Crippen molar-refractivity contribution in [3.8, 4) is 5.75 Å². The molecular weight excluding hydrogens is 274 g/mol. The van der Waals surface area contributed by atoms with Crippen LogP contribution in [0.1, 0.15) is 5.56 Å².